The van der Waals surface area contributed by atoms with Gasteiger partial charge < -0.3 is 10.6 Å². The Bertz CT molecular complexity index is 234. The SMILES string of the molecule is C=CCN(C(=O)[C@H](N)CCC)C1CCCC1. The second kappa shape index (κ2) is 6.69. The molecule has 2 N–H and O–H groups in total. The number of hydrogen-bond acceptors (Lipinski definition) is 2. The van der Waals surface area contributed by atoms with E-state index in [1.165, 1.54) is 12.8 Å². The summed E-state index contributed by atoms with van der Waals surface area (Å²) in [7, 11) is 0. The van der Waals surface area contributed by atoms with Gasteiger partial charge in [0.25, 0.3) is 0 Å². The molecule has 0 aromatic carbocycles. The number of carbonyl (C=O) groups excluding carboxylic acids is 1. The van der Waals surface area contributed by atoms with Gasteiger partial charge in [-0.15, -0.1) is 6.58 Å². The minimum absolute atomic E-state index is 0.105. The molecule has 1 saturated carbocycles. The van der Waals surface area contributed by atoms with Crippen LogP contribution in [0, 0.1) is 0 Å². The molecule has 0 aromatic rings. The molecule has 1 fully saturated rings. The standard InChI is InChI=1S/C13H24N2O/c1-3-7-12(14)13(16)15(10-4-2)11-8-5-6-9-11/h4,11-12H,2-3,5-10,14H2,1H3/t12-/m1/s1. The number of hydrogen-bond donors (Lipinski definition) is 1. The van der Waals surface area contributed by atoms with Gasteiger partial charge in [0.05, 0.1) is 6.04 Å². The van der Waals surface area contributed by atoms with E-state index < -0.39 is 0 Å². The molecule has 1 amide bonds. The summed E-state index contributed by atoms with van der Waals surface area (Å²) in [6.07, 6.45) is 8.24. The lowest BCUT2D eigenvalue weighted by Crippen LogP contribution is -2.47. The van der Waals surface area contributed by atoms with Gasteiger partial charge in [0.1, 0.15) is 0 Å². The maximum absolute atomic E-state index is 12.2. The van der Waals surface area contributed by atoms with Gasteiger partial charge >= 0.3 is 0 Å². The summed E-state index contributed by atoms with van der Waals surface area (Å²) < 4.78 is 0. The summed E-state index contributed by atoms with van der Waals surface area (Å²) in [5, 5.41) is 0. The molecule has 0 radical (unpaired) electrons. The number of amides is 1. The van der Waals surface area contributed by atoms with Crippen molar-refractivity contribution in [3.05, 3.63) is 12.7 Å². The van der Waals surface area contributed by atoms with Crippen molar-refractivity contribution in [2.45, 2.75) is 57.5 Å². The first-order chi connectivity index (χ1) is 7.70. The highest BCUT2D eigenvalue weighted by Gasteiger charge is 2.28. The zero-order valence-electron chi connectivity index (χ0n) is 10.3. The number of rotatable bonds is 6. The van der Waals surface area contributed by atoms with Crippen LogP contribution < -0.4 is 5.73 Å². The predicted molar refractivity (Wildman–Crippen MR) is 67.0 cm³/mol. The minimum atomic E-state index is -0.328. The number of carbonyl (C=O) groups is 1. The van der Waals surface area contributed by atoms with Crippen LogP contribution in [0.1, 0.15) is 45.4 Å². The summed E-state index contributed by atoms with van der Waals surface area (Å²) in [5.41, 5.74) is 5.90. The van der Waals surface area contributed by atoms with Gasteiger partial charge in [-0.1, -0.05) is 32.3 Å². The molecule has 0 aliphatic heterocycles. The van der Waals surface area contributed by atoms with Crippen LogP contribution in [0.2, 0.25) is 0 Å². The van der Waals surface area contributed by atoms with Crippen molar-refractivity contribution < 1.29 is 4.79 Å². The molecule has 1 aliphatic rings. The van der Waals surface area contributed by atoms with E-state index in [-0.39, 0.29) is 11.9 Å². The fraction of sp³-hybridized carbons (Fsp3) is 0.769. The van der Waals surface area contributed by atoms with E-state index in [0.717, 1.165) is 25.7 Å². The molecular formula is C13H24N2O. The number of nitrogens with two attached hydrogens (primary N) is 1. The molecule has 1 rings (SSSR count). The summed E-state index contributed by atoms with van der Waals surface area (Å²) in [5.74, 6) is 0.105. The van der Waals surface area contributed by atoms with Crippen LogP contribution in [0.4, 0.5) is 0 Å². The lowest BCUT2D eigenvalue weighted by atomic mass is 10.1. The van der Waals surface area contributed by atoms with Crippen LogP contribution >= 0.6 is 0 Å². The Morgan fingerprint density at radius 2 is 2.19 bits per heavy atom. The molecule has 3 nitrogen and oxygen atoms in total. The molecule has 0 spiro atoms. The van der Waals surface area contributed by atoms with Crippen molar-refractivity contribution in [1.29, 1.82) is 0 Å². The number of nitrogens with zero attached hydrogens (tertiary/aromatic N) is 1. The molecule has 0 bridgehead atoms. The van der Waals surface area contributed by atoms with Crippen LogP contribution in [0.3, 0.4) is 0 Å². The van der Waals surface area contributed by atoms with E-state index in [1.807, 2.05) is 4.90 Å². The lowest BCUT2D eigenvalue weighted by Gasteiger charge is -2.30. The Kier molecular flexibility index (Phi) is 5.53. The Morgan fingerprint density at radius 1 is 1.56 bits per heavy atom. The van der Waals surface area contributed by atoms with Crippen molar-refractivity contribution in [2.75, 3.05) is 6.54 Å². The second-order valence-corrected chi connectivity index (χ2v) is 4.61. The van der Waals surface area contributed by atoms with Crippen molar-refractivity contribution in [1.82, 2.24) is 4.90 Å². The largest absolute Gasteiger partial charge is 0.335 e. The Morgan fingerprint density at radius 3 is 2.69 bits per heavy atom. The van der Waals surface area contributed by atoms with Crippen molar-refractivity contribution >= 4 is 5.91 Å². The van der Waals surface area contributed by atoms with Crippen molar-refractivity contribution in [3.8, 4) is 0 Å². The lowest BCUT2D eigenvalue weighted by molar-refractivity contribution is -0.134. The summed E-state index contributed by atoms with van der Waals surface area (Å²) >= 11 is 0. The molecule has 92 valence electrons. The van der Waals surface area contributed by atoms with Gasteiger partial charge in [-0.05, 0) is 19.3 Å². The smallest absolute Gasteiger partial charge is 0.240 e. The van der Waals surface area contributed by atoms with E-state index in [9.17, 15) is 4.79 Å². The van der Waals surface area contributed by atoms with Crippen LogP contribution in [-0.4, -0.2) is 29.4 Å². The van der Waals surface area contributed by atoms with E-state index in [0.29, 0.717) is 12.6 Å². The van der Waals surface area contributed by atoms with E-state index in [4.69, 9.17) is 5.73 Å². The van der Waals surface area contributed by atoms with Gasteiger partial charge in [-0.3, -0.25) is 4.79 Å². The zero-order valence-corrected chi connectivity index (χ0v) is 10.3. The first-order valence-corrected chi connectivity index (χ1v) is 6.37. The molecule has 16 heavy (non-hydrogen) atoms. The Labute approximate surface area is 98.7 Å². The quantitative estimate of drug-likeness (QED) is 0.702. The van der Waals surface area contributed by atoms with Gasteiger partial charge in [-0.2, -0.15) is 0 Å². The monoisotopic (exact) mass is 224 g/mol. The maximum Gasteiger partial charge on any atom is 0.240 e. The summed E-state index contributed by atoms with van der Waals surface area (Å²) in [4.78, 5) is 14.1. The molecule has 0 saturated heterocycles. The summed E-state index contributed by atoms with van der Waals surface area (Å²) in [6.45, 7) is 6.42. The van der Waals surface area contributed by atoms with Gasteiger partial charge in [-0.25, -0.2) is 0 Å². The van der Waals surface area contributed by atoms with E-state index in [1.54, 1.807) is 6.08 Å². The fourth-order valence-corrected chi connectivity index (χ4v) is 2.42. The molecule has 0 aromatic heterocycles. The molecular weight excluding hydrogens is 200 g/mol. The van der Waals surface area contributed by atoms with Crippen LogP contribution in [0.15, 0.2) is 12.7 Å². The summed E-state index contributed by atoms with van der Waals surface area (Å²) in [6, 6.07) is 0.0685. The van der Waals surface area contributed by atoms with Crippen LogP contribution in [-0.2, 0) is 4.79 Å². The zero-order chi connectivity index (χ0) is 12.0. The topological polar surface area (TPSA) is 46.3 Å². The Hall–Kier alpha value is -0.830. The average molecular weight is 224 g/mol. The maximum atomic E-state index is 12.2. The second-order valence-electron chi connectivity index (χ2n) is 4.61. The van der Waals surface area contributed by atoms with Crippen LogP contribution in [0.25, 0.3) is 0 Å². The molecule has 1 atom stereocenters. The highest BCUT2D eigenvalue weighted by atomic mass is 16.2. The van der Waals surface area contributed by atoms with Crippen LogP contribution in [0.5, 0.6) is 0 Å². The molecule has 0 heterocycles. The fourth-order valence-electron chi connectivity index (χ4n) is 2.42. The normalized spacial score (nSPS) is 18.4. The van der Waals surface area contributed by atoms with E-state index in [2.05, 4.69) is 13.5 Å². The molecule has 3 heteroatoms. The van der Waals surface area contributed by atoms with Gasteiger partial charge in [0, 0.05) is 12.6 Å². The average Bonchev–Trinajstić information content (AvgIpc) is 2.78. The third kappa shape index (κ3) is 3.34. The highest BCUT2D eigenvalue weighted by molar-refractivity contribution is 5.82. The van der Waals surface area contributed by atoms with Crippen molar-refractivity contribution in [3.63, 3.8) is 0 Å². The highest BCUT2D eigenvalue weighted by Crippen LogP contribution is 2.24. The van der Waals surface area contributed by atoms with Crippen molar-refractivity contribution in [2.24, 2.45) is 5.73 Å². The molecule has 1 aliphatic carbocycles. The first kappa shape index (κ1) is 13.2. The van der Waals surface area contributed by atoms with E-state index >= 15 is 0 Å². The minimum Gasteiger partial charge on any atom is -0.335 e. The Balaban J connectivity index is 2.60. The third-order valence-electron chi connectivity index (χ3n) is 3.29. The van der Waals surface area contributed by atoms with Gasteiger partial charge in [0.2, 0.25) is 5.91 Å². The third-order valence-corrected chi connectivity index (χ3v) is 3.29. The predicted octanol–water partition coefficient (Wildman–Crippen LogP) is 2.07. The first-order valence-electron chi connectivity index (χ1n) is 6.37. The van der Waals surface area contributed by atoms with Gasteiger partial charge in [0.15, 0.2) is 0 Å². The molecule has 0 unspecified atom stereocenters.